The Morgan fingerprint density at radius 3 is 2.64 bits per heavy atom. The summed E-state index contributed by atoms with van der Waals surface area (Å²) < 4.78 is 5.22. The van der Waals surface area contributed by atoms with Crippen molar-refractivity contribution < 1.29 is 14.3 Å². The fraction of sp³-hybridized carbons (Fsp3) is 0.143. The number of rotatable bonds is 4. The van der Waals surface area contributed by atoms with E-state index in [1.54, 1.807) is 11.0 Å². The molecule has 2 aromatic rings. The minimum Gasteiger partial charge on any atom is -0.423 e. The van der Waals surface area contributed by atoms with Gasteiger partial charge in [0.25, 0.3) is 0 Å². The SMILES string of the molecule is C=CC(=O)Oc1cccc([C@H]2CN(C(=O)C=C)Cc3ccccc32)c1. The number of ether oxygens (including phenoxy) is 1. The molecule has 126 valence electrons. The maximum absolute atomic E-state index is 12.1. The molecule has 0 radical (unpaired) electrons. The van der Waals surface area contributed by atoms with Crippen LogP contribution in [0.2, 0.25) is 0 Å². The summed E-state index contributed by atoms with van der Waals surface area (Å²) in [5.74, 6) is -0.110. The third kappa shape index (κ3) is 3.53. The Morgan fingerprint density at radius 2 is 1.88 bits per heavy atom. The highest BCUT2D eigenvalue weighted by atomic mass is 16.5. The molecule has 4 nitrogen and oxygen atoms in total. The first-order valence-corrected chi connectivity index (χ1v) is 8.05. The highest BCUT2D eigenvalue weighted by molar-refractivity contribution is 5.87. The van der Waals surface area contributed by atoms with Gasteiger partial charge in [0.15, 0.2) is 0 Å². The highest BCUT2D eigenvalue weighted by Gasteiger charge is 2.28. The van der Waals surface area contributed by atoms with Crippen molar-refractivity contribution >= 4 is 11.9 Å². The van der Waals surface area contributed by atoms with Gasteiger partial charge >= 0.3 is 5.97 Å². The van der Waals surface area contributed by atoms with Crippen LogP contribution >= 0.6 is 0 Å². The number of carbonyl (C=O) groups is 2. The zero-order chi connectivity index (χ0) is 17.8. The topological polar surface area (TPSA) is 46.6 Å². The van der Waals surface area contributed by atoms with Crippen LogP contribution < -0.4 is 4.74 Å². The van der Waals surface area contributed by atoms with Gasteiger partial charge in [0.2, 0.25) is 5.91 Å². The molecule has 0 aliphatic carbocycles. The van der Waals surface area contributed by atoms with Crippen LogP contribution in [0, 0.1) is 0 Å². The quantitative estimate of drug-likeness (QED) is 0.489. The zero-order valence-corrected chi connectivity index (χ0v) is 13.9. The molecule has 0 bridgehead atoms. The first-order chi connectivity index (χ1) is 12.1. The second kappa shape index (κ2) is 7.18. The van der Waals surface area contributed by atoms with E-state index in [1.807, 2.05) is 36.4 Å². The molecular weight excluding hydrogens is 314 g/mol. The van der Waals surface area contributed by atoms with Gasteiger partial charge in [-0.3, -0.25) is 4.79 Å². The van der Waals surface area contributed by atoms with Gasteiger partial charge in [-0.25, -0.2) is 4.79 Å². The van der Waals surface area contributed by atoms with Crippen LogP contribution in [0.25, 0.3) is 0 Å². The van der Waals surface area contributed by atoms with E-state index in [9.17, 15) is 9.59 Å². The third-order valence-electron chi connectivity index (χ3n) is 4.33. The van der Waals surface area contributed by atoms with Crippen LogP contribution in [0.4, 0.5) is 0 Å². The second-order valence-corrected chi connectivity index (χ2v) is 5.87. The van der Waals surface area contributed by atoms with E-state index in [-0.39, 0.29) is 11.8 Å². The number of amides is 1. The van der Waals surface area contributed by atoms with Crippen LogP contribution in [-0.2, 0) is 16.1 Å². The molecule has 3 rings (SSSR count). The normalized spacial score (nSPS) is 15.8. The minimum absolute atomic E-state index is 0.0104. The number of fused-ring (bicyclic) bond motifs is 1. The molecule has 2 aromatic carbocycles. The molecule has 4 heteroatoms. The lowest BCUT2D eigenvalue weighted by molar-refractivity contribution is -0.129. The first-order valence-electron chi connectivity index (χ1n) is 8.05. The minimum atomic E-state index is -0.496. The van der Waals surface area contributed by atoms with Crippen molar-refractivity contribution in [3.63, 3.8) is 0 Å². The van der Waals surface area contributed by atoms with Crippen LogP contribution in [0.1, 0.15) is 22.6 Å². The number of nitrogens with zero attached hydrogens (tertiary/aromatic N) is 1. The van der Waals surface area contributed by atoms with Crippen LogP contribution in [0.3, 0.4) is 0 Å². The van der Waals surface area contributed by atoms with Gasteiger partial charge in [-0.1, -0.05) is 49.6 Å². The molecule has 0 saturated heterocycles. The largest absolute Gasteiger partial charge is 0.423 e. The predicted octanol–water partition coefficient (Wildman–Crippen LogP) is 3.44. The lowest BCUT2D eigenvalue weighted by atomic mass is 9.84. The Balaban J connectivity index is 1.98. The average Bonchev–Trinajstić information content (AvgIpc) is 2.66. The summed E-state index contributed by atoms with van der Waals surface area (Å²) >= 11 is 0. The standard InChI is InChI=1S/C21H19NO3/c1-3-20(23)22-13-16-8-5-6-11-18(16)19(14-22)15-9-7-10-17(12-15)25-21(24)4-2/h3-12,19H,1-2,13-14H2/t19-/m1/s1. The Kier molecular flexibility index (Phi) is 4.80. The van der Waals surface area contributed by atoms with Gasteiger partial charge in [0.05, 0.1) is 0 Å². The average molecular weight is 333 g/mol. The van der Waals surface area contributed by atoms with Crippen molar-refractivity contribution in [1.29, 1.82) is 0 Å². The van der Waals surface area contributed by atoms with Gasteiger partial charge in [0, 0.05) is 25.1 Å². The van der Waals surface area contributed by atoms with E-state index in [2.05, 4.69) is 19.2 Å². The fourth-order valence-corrected chi connectivity index (χ4v) is 3.14. The van der Waals surface area contributed by atoms with Crippen molar-refractivity contribution in [2.24, 2.45) is 0 Å². The number of esters is 1. The number of hydrogen-bond acceptors (Lipinski definition) is 3. The molecule has 0 saturated carbocycles. The van der Waals surface area contributed by atoms with E-state index in [4.69, 9.17) is 4.74 Å². The Labute approximate surface area is 147 Å². The number of hydrogen-bond donors (Lipinski definition) is 0. The fourth-order valence-electron chi connectivity index (χ4n) is 3.14. The molecule has 1 aliphatic heterocycles. The summed E-state index contributed by atoms with van der Waals surface area (Å²) in [6.07, 6.45) is 2.47. The summed E-state index contributed by atoms with van der Waals surface area (Å²) in [7, 11) is 0. The summed E-state index contributed by atoms with van der Waals surface area (Å²) in [6.45, 7) is 8.13. The number of carbonyl (C=O) groups excluding carboxylic acids is 2. The van der Waals surface area contributed by atoms with E-state index >= 15 is 0 Å². The summed E-state index contributed by atoms with van der Waals surface area (Å²) in [4.78, 5) is 25.4. The first kappa shape index (κ1) is 16.7. The molecule has 0 N–H and O–H groups in total. The maximum Gasteiger partial charge on any atom is 0.335 e. The predicted molar refractivity (Wildman–Crippen MR) is 96.2 cm³/mol. The molecule has 1 atom stereocenters. The third-order valence-corrected chi connectivity index (χ3v) is 4.33. The molecule has 1 heterocycles. The van der Waals surface area contributed by atoms with Gasteiger partial charge in [-0.05, 0) is 34.9 Å². The van der Waals surface area contributed by atoms with Crippen molar-refractivity contribution in [3.8, 4) is 5.75 Å². The van der Waals surface area contributed by atoms with Crippen LogP contribution in [-0.4, -0.2) is 23.3 Å². The lowest BCUT2D eigenvalue weighted by Gasteiger charge is -2.34. The molecule has 1 aliphatic rings. The van der Waals surface area contributed by atoms with Crippen molar-refractivity contribution in [1.82, 2.24) is 4.90 Å². The molecule has 0 unspecified atom stereocenters. The van der Waals surface area contributed by atoms with E-state index in [0.717, 1.165) is 17.2 Å². The van der Waals surface area contributed by atoms with Crippen molar-refractivity contribution in [3.05, 3.63) is 90.5 Å². The zero-order valence-electron chi connectivity index (χ0n) is 13.9. The number of benzene rings is 2. The molecule has 0 fully saturated rings. The van der Waals surface area contributed by atoms with Gasteiger partial charge < -0.3 is 9.64 Å². The monoisotopic (exact) mass is 333 g/mol. The van der Waals surface area contributed by atoms with Crippen LogP contribution in [0.5, 0.6) is 5.75 Å². The molecule has 0 aromatic heterocycles. The Hall–Kier alpha value is -3.14. The summed E-state index contributed by atoms with van der Waals surface area (Å²) in [6, 6.07) is 15.5. The van der Waals surface area contributed by atoms with Crippen LogP contribution in [0.15, 0.2) is 73.8 Å². The summed E-state index contributed by atoms with van der Waals surface area (Å²) in [5, 5.41) is 0. The molecule has 1 amide bonds. The van der Waals surface area contributed by atoms with Gasteiger partial charge in [-0.15, -0.1) is 0 Å². The summed E-state index contributed by atoms with van der Waals surface area (Å²) in [5.41, 5.74) is 3.29. The van der Waals surface area contributed by atoms with E-state index in [1.165, 1.54) is 11.6 Å². The molecular formula is C21H19NO3. The van der Waals surface area contributed by atoms with Crippen molar-refractivity contribution in [2.45, 2.75) is 12.5 Å². The van der Waals surface area contributed by atoms with E-state index < -0.39 is 5.97 Å². The van der Waals surface area contributed by atoms with Gasteiger partial charge in [-0.2, -0.15) is 0 Å². The maximum atomic E-state index is 12.1. The Morgan fingerprint density at radius 1 is 1.08 bits per heavy atom. The van der Waals surface area contributed by atoms with E-state index in [0.29, 0.717) is 18.8 Å². The molecule has 0 spiro atoms. The van der Waals surface area contributed by atoms with Gasteiger partial charge in [0.1, 0.15) is 5.75 Å². The Bertz CT molecular complexity index is 841. The smallest absolute Gasteiger partial charge is 0.335 e. The lowest BCUT2D eigenvalue weighted by Crippen LogP contribution is -2.37. The second-order valence-electron chi connectivity index (χ2n) is 5.87. The molecule has 25 heavy (non-hydrogen) atoms. The highest BCUT2D eigenvalue weighted by Crippen LogP contribution is 2.34. The van der Waals surface area contributed by atoms with Crippen molar-refractivity contribution in [2.75, 3.05) is 6.54 Å².